The molecule has 2 aliphatic rings. The van der Waals surface area contributed by atoms with Gasteiger partial charge in [0.2, 0.25) is 21.8 Å². The second kappa shape index (κ2) is 10.4. The number of piperidine rings is 1. The van der Waals surface area contributed by atoms with Crippen LogP contribution in [-0.2, 0) is 19.6 Å². The van der Waals surface area contributed by atoms with E-state index in [1.807, 2.05) is 29.2 Å². The first kappa shape index (κ1) is 25.9. The number of carbonyl (C=O) groups excluding carboxylic acids is 2. The van der Waals surface area contributed by atoms with Crippen molar-refractivity contribution in [3.05, 3.63) is 42.5 Å². The summed E-state index contributed by atoms with van der Waals surface area (Å²) in [6, 6.07) is 12.4. The molecule has 0 saturated carbocycles. The van der Waals surface area contributed by atoms with Crippen LogP contribution in [0, 0.1) is 5.92 Å². The van der Waals surface area contributed by atoms with Crippen molar-refractivity contribution in [2.24, 2.45) is 16.9 Å². The van der Waals surface area contributed by atoms with Gasteiger partial charge in [-0.1, -0.05) is 30.3 Å². The Morgan fingerprint density at radius 1 is 1.19 bits per heavy atom. The molecule has 36 heavy (non-hydrogen) atoms. The summed E-state index contributed by atoms with van der Waals surface area (Å²) in [5.41, 5.74) is -1.54. The number of fused-ring (bicyclic) bond motifs is 1. The molecule has 2 atom stereocenters. The van der Waals surface area contributed by atoms with Crippen molar-refractivity contribution >= 4 is 38.9 Å². The zero-order valence-electron chi connectivity index (χ0n) is 20.8. The van der Waals surface area contributed by atoms with Crippen LogP contribution in [0.25, 0.3) is 10.8 Å². The van der Waals surface area contributed by atoms with Crippen molar-refractivity contribution in [1.82, 2.24) is 19.4 Å². The molecule has 3 N–H and O–H groups in total. The third-order valence-electron chi connectivity index (χ3n) is 7.18. The second-order valence-corrected chi connectivity index (χ2v) is 11.7. The van der Waals surface area contributed by atoms with Crippen LogP contribution in [0.2, 0.25) is 0 Å². The number of carbonyl (C=O) groups is 2. The molecule has 2 amide bonds. The summed E-state index contributed by atoms with van der Waals surface area (Å²) in [6.45, 7) is 3.93. The van der Waals surface area contributed by atoms with E-state index < -0.39 is 21.5 Å². The van der Waals surface area contributed by atoms with Gasteiger partial charge in [0, 0.05) is 39.8 Å². The van der Waals surface area contributed by atoms with Crippen molar-refractivity contribution in [2.45, 2.75) is 36.6 Å². The Balaban J connectivity index is 1.53. The molecule has 4 rings (SSSR count). The number of hydrazone groups is 1. The molecule has 2 fully saturated rings. The normalized spacial score (nSPS) is 23.9. The predicted molar refractivity (Wildman–Crippen MR) is 138 cm³/mol. The summed E-state index contributed by atoms with van der Waals surface area (Å²) in [4.78, 5) is 30.0. The van der Waals surface area contributed by atoms with Crippen LogP contribution >= 0.6 is 0 Å². The minimum absolute atomic E-state index is 0.106. The summed E-state index contributed by atoms with van der Waals surface area (Å²) >= 11 is 0. The zero-order chi connectivity index (χ0) is 25.9. The first-order chi connectivity index (χ1) is 17.1. The Kier molecular flexibility index (Phi) is 7.51. The van der Waals surface area contributed by atoms with Crippen LogP contribution < -0.4 is 11.2 Å². The average Bonchev–Trinajstić information content (AvgIpc) is 2.86. The fraction of sp³-hybridized carbons (Fsp3) is 0.480. The van der Waals surface area contributed by atoms with E-state index in [0.717, 1.165) is 36.7 Å². The van der Waals surface area contributed by atoms with Gasteiger partial charge in [0.1, 0.15) is 11.9 Å². The van der Waals surface area contributed by atoms with Crippen LogP contribution in [0.15, 0.2) is 52.5 Å². The first-order valence-corrected chi connectivity index (χ1v) is 13.6. The topological polar surface area (TPSA) is 128 Å². The Labute approximate surface area is 212 Å². The Morgan fingerprint density at radius 3 is 2.69 bits per heavy atom. The molecule has 194 valence electrons. The molecule has 0 spiro atoms. The lowest BCUT2D eigenvalue weighted by atomic mass is 9.92. The van der Waals surface area contributed by atoms with E-state index in [1.54, 1.807) is 38.5 Å². The molecule has 0 aliphatic carbocycles. The molecule has 2 aliphatic heterocycles. The van der Waals surface area contributed by atoms with Gasteiger partial charge < -0.3 is 21.0 Å². The molecule has 0 unspecified atom stereocenters. The second-order valence-electron chi connectivity index (χ2n) is 9.84. The van der Waals surface area contributed by atoms with Gasteiger partial charge in [0.05, 0.1) is 11.3 Å². The van der Waals surface area contributed by atoms with Crippen LogP contribution in [0.1, 0.15) is 26.2 Å². The van der Waals surface area contributed by atoms with Crippen LogP contribution in [-0.4, -0.2) is 86.0 Å². The fourth-order valence-corrected chi connectivity index (χ4v) is 6.97. The molecule has 2 aromatic carbocycles. The van der Waals surface area contributed by atoms with Crippen molar-refractivity contribution in [3.63, 3.8) is 0 Å². The van der Waals surface area contributed by atoms with Gasteiger partial charge in [-0.2, -0.15) is 9.41 Å². The summed E-state index contributed by atoms with van der Waals surface area (Å²) in [7, 11) is -2.41. The molecule has 2 heterocycles. The van der Waals surface area contributed by atoms with Gasteiger partial charge in [-0.15, -0.1) is 0 Å². The predicted octanol–water partition coefficient (Wildman–Crippen LogP) is 1.18. The molecule has 2 aromatic rings. The molecule has 2 saturated heterocycles. The maximum absolute atomic E-state index is 13.8. The monoisotopic (exact) mass is 514 g/mol. The summed E-state index contributed by atoms with van der Waals surface area (Å²) < 4.78 is 28.8. The van der Waals surface area contributed by atoms with Gasteiger partial charge >= 0.3 is 0 Å². The maximum atomic E-state index is 13.8. The van der Waals surface area contributed by atoms with Gasteiger partial charge in [0.15, 0.2) is 0 Å². The summed E-state index contributed by atoms with van der Waals surface area (Å²) in [6.07, 6.45) is 3.26. The van der Waals surface area contributed by atoms with Crippen molar-refractivity contribution < 1.29 is 18.0 Å². The number of rotatable bonds is 7. The highest BCUT2D eigenvalue weighted by atomic mass is 32.2. The fourth-order valence-electron chi connectivity index (χ4n) is 5.21. The number of hydrogen-bond donors (Lipinski definition) is 2. The maximum Gasteiger partial charge on any atom is 0.244 e. The van der Waals surface area contributed by atoms with Crippen LogP contribution in [0.5, 0.6) is 0 Å². The minimum atomic E-state index is -4.04. The minimum Gasteiger partial charge on any atom is -0.361 e. The quantitative estimate of drug-likeness (QED) is 0.247. The third-order valence-corrected chi connectivity index (χ3v) is 9.19. The highest BCUT2D eigenvalue weighted by Gasteiger charge is 2.51. The van der Waals surface area contributed by atoms with Gasteiger partial charge in [0.25, 0.3) is 0 Å². The van der Waals surface area contributed by atoms with E-state index in [0.29, 0.717) is 6.54 Å². The number of nitrogens with zero attached hydrogens (tertiary/aromatic N) is 4. The number of likely N-dealkylation sites (tertiary alicyclic amines) is 1. The van der Waals surface area contributed by atoms with E-state index in [-0.39, 0.29) is 36.2 Å². The van der Waals surface area contributed by atoms with Gasteiger partial charge in [-0.05, 0) is 48.6 Å². The lowest BCUT2D eigenvalue weighted by Crippen LogP contribution is -2.66. The molecule has 10 nitrogen and oxygen atoms in total. The average molecular weight is 515 g/mol. The van der Waals surface area contributed by atoms with E-state index in [4.69, 9.17) is 5.84 Å². The standard InChI is InChI=1S/C25H34N6O4S/c1-25(15-23(32)27-16-19-6-5-11-30(17-19)18-28-26)24(33)29(2)12-13-31(25)36(34,35)22-10-9-20-7-3-4-8-21(20)14-22/h3-4,7-10,14,18-19H,5-6,11-13,15-17,26H2,1-2H3,(H,27,32)/t19-,25-/m0/s1. The van der Waals surface area contributed by atoms with Gasteiger partial charge in [-0.25, -0.2) is 8.42 Å². The molecule has 0 aromatic heterocycles. The number of nitrogens with one attached hydrogen (secondary N) is 1. The Morgan fingerprint density at radius 2 is 1.94 bits per heavy atom. The number of hydrogen-bond acceptors (Lipinski definition) is 6. The molecule has 0 radical (unpaired) electrons. The molecule has 11 heteroatoms. The Bertz CT molecular complexity index is 1270. The number of nitrogens with two attached hydrogens (primary N) is 1. The van der Waals surface area contributed by atoms with E-state index in [1.165, 1.54) is 9.21 Å². The number of amides is 2. The first-order valence-electron chi connectivity index (χ1n) is 12.2. The van der Waals surface area contributed by atoms with Crippen molar-refractivity contribution in [3.8, 4) is 0 Å². The zero-order valence-corrected chi connectivity index (χ0v) is 21.6. The van der Waals surface area contributed by atoms with Crippen molar-refractivity contribution in [1.29, 1.82) is 0 Å². The number of benzene rings is 2. The molecule has 0 bridgehead atoms. The highest BCUT2D eigenvalue weighted by molar-refractivity contribution is 7.89. The highest BCUT2D eigenvalue weighted by Crippen LogP contribution is 2.33. The summed E-state index contributed by atoms with van der Waals surface area (Å²) in [5.74, 6) is 4.72. The molecular weight excluding hydrogens is 480 g/mol. The van der Waals surface area contributed by atoms with Crippen LogP contribution in [0.4, 0.5) is 0 Å². The largest absolute Gasteiger partial charge is 0.361 e. The van der Waals surface area contributed by atoms with Crippen molar-refractivity contribution in [2.75, 3.05) is 39.8 Å². The van der Waals surface area contributed by atoms with E-state index in [9.17, 15) is 18.0 Å². The van der Waals surface area contributed by atoms with Gasteiger partial charge in [-0.3, -0.25) is 9.59 Å². The third kappa shape index (κ3) is 5.17. The lowest BCUT2D eigenvalue weighted by Gasteiger charge is -2.45. The SMILES string of the molecule is CN1CCN(S(=O)(=O)c2ccc3ccccc3c2)[C@@](C)(CC(=O)NC[C@@H]2CCCN(C=NN)C2)C1=O. The van der Waals surface area contributed by atoms with E-state index in [2.05, 4.69) is 10.4 Å². The smallest absolute Gasteiger partial charge is 0.244 e. The lowest BCUT2D eigenvalue weighted by molar-refractivity contribution is -0.147. The van der Waals surface area contributed by atoms with E-state index >= 15 is 0 Å². The number of likely N-dealkylation sites (N-methyl/N-ethyl adjacent to an activating group) is 1. The molecular formula is C25H34N6O4S. The summed E-state index contributed by atoms with van der Waals surface area (Å²) in [5, 5.41) is 8.21. The Hall–Kier alpha value is -3.18. The number of piperazine rings is 1. The van der Waals surface area contributed by atoms with Crippen LogP contribution in [0.3, 0.4) is 0 Å². The number of sulfonamides is 1.